The van der Waals surface area contributed by atoms with Crippen LogP contribution in [0.1, 0.15) is 15.9 Å². The number of benzene rings is 2. The largest absolute Gasteiger partial charge is 0.494 e. The summed E-state index contributed by atoms with van der Waals surface area (Å²) < 4.78 is 23.6. The molecule has 2 aromatic carbocycles. The van der Waals surface area contributed by atoms with Gasteiger partial charge in [-0.25, -0.2) is 4.39 Å². The molecule has 0 amide bonds. The van der Waals surface area contributed by atoms with Gasteiger partial charge in [0.15, 0.2) is 17.3 Å². The normalized spacial score (nSPS) is 10.4. The molecule has 3 nitrogen and oxygen atoms in total. The summed E-state index contributed by atoms with van der Waals surface area (Å²) in [6.45, 7) is 0.0844. The van der Waals surface area contributed by atoms with Gasteiger partial charge in [-0.2, -0.15) is 0 Å². The highest BCUT2D eigenvalue weighted by molar-refractivity contribution is 6.31. The number of carbonyl (C=O) groups is 1. The van der Waals surface area contributed by atoms with Crippen molar-refractivity contribution >= 4 is 17.4 Å². The van der Waals surface area contributed by atoms with E-state index in [9.17, 15) is 9.18 Å². The van der Waals surface area contributed by atoms with Crippen molar-refractivity contribution in [2.24, 2.45) is 0 Å². The third-order valence-corrected chi connectivity index (χ3v) is 3.29. The molecule has 0 aromatic heterocycles. The highest BCUT2D eigenvalue weighted by Crippen LogP contribution is 2.19. The molecule has 0 saturated heterocycles. The van der Waals surface area contributed by atoms with E-state index >= 15 is 0 Å². The van der Waals surface area contributed by atoms with Crippen LogP contribution >= 0.6 is 11.6 Å². The Morgan fingerprint density at radius 1 is 1.24 bits per heavy atom. The van der Waals surface area contributed by atoms with Gasteiger partial charge in [0.1, 0.15) is 6.61 Å². The maximum atomic E-state index is 13.5. The Labute approximate surface area is 127 Å². The van der Waals surface area contributed by atoms with E-state index in [4.69, 9.17) is 21.1 Å². The van der Waals surface area contributed by atoms with Crippen LogP contribution in [-0.4, -0.2) is 19.5 Å². The van der Waals surface area contributed by atoms with Crippen molar-refractivity contribution in [2.75, 3.05) is 13.7 Å². The van der Waals surface area contributed by atoms with Crippen LogP contribution in [0, 0.1) is 5.82 Å². The van der Waals surface area contributed by atoms with E-state index in [-0.39, 0.29) is 30.3 Å². The molecule has 0 aliphatic carbocycles. The molecule has 2 aromatic rings. The van der Waals surface area contributed by atoms with Crippen LogP contribution in [-0.2, 0) is 11.3 Å². The molecule has 0 bridgehead atoms. The summed E-state index contributed by atoms with van der Waals surface area (Å²) >= 11 is 5.98. The third kappa shape index (κ3) is 4.03. The molecule has 2 rings (SSSR count). The number of Topliss-reactive ketones (excluding diaryl/α,β-unsaturated/α-hetero) is 1. The average Bonchev–Trinajstić information content (AvgIpc) is 2.49. The fourth-order valence-electron chi connectivity index (χ4n) is 1.79. The molecule has 0 atom stereocenters. The van der Waals surface area contributed by atoms with E-state index in [1.165, 1.54) is 19.2 Å². The van der Waals surface area contributed by atoms with E-state index in [1.807, 2.05) is 18.2 Å². The summed E-state index contributed by atoms with van der Waals surface area (Å²) in [5.74, 6) is -0.776. The van der Waals surface area contributed by atoms with E-state index in [0.29, 0.717) is 5.02 Å². The monoisotopic (exact) mass is 308 g/mol. The first-order valence-corrected chi connectivity index (χ1v) is 6.67. The first-order valence-electron chi connectivity index (χ1n) is 6.29. The Balaban J connectivity index is 1.93. The average molecular weight is 309 g/mol. The van der Waals surface area contributed by atoms with Crippen molar-refractivity contribution in [3.8, 4) is 5.75 Å². The quantitative estimate of drug-likeness (QED) is 0.760. The number of rotatable bonds is 6. The van der Waals surface area contributed by atoms with Gasteiger partial charge in [0, 0.05) is 10.6 Å². The third-order valence-electron chi connectivity index (χ3n) is 2.92. The maximum absolute atomic E-state index is 13.5. The van der Waals surface area contributed by atoms with Crippen molar-refractivity contribution in [2.45, 2.75) is 6.61 Å². The zero-order valence-electron chi connectivity index (χ0n) is 11.4. The van der Waals surface area contributed by atoms with Crippen molar-refractivity contribution in [1.29, 1.82) is 0 Å². The topological polar surface area (TPSA) is 35.5 Å². The summed E-state index contributed by atoms with van der Waals surface area (Å²) in [5, 5.41) is 0.584. The molecule has 5 heteroatoms. The Kier molecular flexibility index (Phi) is 5.31. The van der Waals surface area contributed by atoms with Crippen molar-refractivity contribution in [3.63, 3.8) is 0 Å². The summed E-state index contributed by atoms with van der Waals surface area (Å²) in [7, 11) is 1.37. The van der Waals surface area contributed by atoms with Crippen LogP contribution in [0.3, 0.4) is 0 Å². The number of ketones is 1. The van der Waals surface area contributed by atoms with Crippen LogP contribution in [0.2, 0.25) is 5.02 Å². The summed E-state index contributed by atoms with van der Waals surface area (Å²) in [6, 6.07) is 11.3. The van der Waals surface area contributed by atoms with Gasteiger partial charge in [-0.05, 0) is 29.8 Å². The Morgan fingerprint density at radius 2 is 2.00 bits per heavy atom. The van der Waals surface area contributed by atoms with Crippen LogP contribution in [0.5, 0.6) is 5.75 Å². The molecular formula is C16H14ClFO3. The van der Waals surface area contributed by atoms with Crippen LogP contribution in [0.15, 0.2) is 42.5 Å². The van der Waals surface area contributed by atoms with Gasteiger partial charge in [-0.3, -0.25) is 4.79 Å². The van der Waals surface area contributed by atoms with E-state index in [2.05, 4.69) is 0 Å². The number of hydrogen-bond acceptors (Lipinski definition) is 3. The van der Waals surface area contributed by atoms with Gasteiger partial charge in [0.25, 0.3) is 0 Å². The van der Waals surface area contributed by atoms with E-state index < -0.39 is 5.82 Å². The van der Waals surface area contributed by atoms with Gasteiger partial charge >= 0.3 is 0 Å². The van der Waals surface area contributed by atoms with Crippen LogP contribution in [0.25, 0.3) is 0 Å². The number of ether oxygens (including phenoxy) is 2. The molecule has 0 radical (unpaired) electrons. The second kappa shape index (κ2) is 7.20. The number of halogens is 2. The Bertz CT molecular complexity index is 643. The van der Waals surface area contributed by atoms with Crippen molar-refractivity contribution in [1.82, 2.24) is 0 Å². The minimum atomic E-state index is -0.575. The molecule has 0 fully saturated rings. The molecule has 21 heavy (non-hydrogen) atoms. The second-order valence-corrected chi connectivity index (χ2v) is 4.76. The standard InChI is InChI=1S/C16H14ClFO3/c1-20-16-7-6-11(8-14(16)18)15(19)10-21-9-12-4-2-3-5-13(12)17/h2-8H,9-10H2,1H3. The number of carbonyl (C=O) groups excluding carboxylic acids is 1. The summed E-state index contributed by atoms with van der Waals surface area (Å²) in [6.07, 6.45) is 0. The molecular weight excluding hydrogens is 295 g/mol. The number of hydrogen-bond donors (Lipinski definition) is 0. The molecule has 0 aliphatic rings. The van der Waals surface area contributed by atoms with E-state index in [0.717, 1.165) is 11.6 Å². The summed E-state index contributed by atoms with van der Waals surface area (Å²) in [4.78, 5) is 11.9. The number of methoxy groups -OCH3 is 1. The predicted molar refractivity (Wildman–Crippen MR) is 78.4 cm³/mol. The predicted octanol–water partition coefficient (Wildman–Crippen LogP) is 3.89. The molecule has 0 saturated carbocycles. The van der Waals surface area contributed by atoms with Gasteiger partial charge in [0.2, 0.25) is 0 Å². The maximum Gasteiger partial charge on any atom is 0.188 e. The van der Waals surface area contributed by atoms with E-state index in [1.54, 1.807) is 6.07 Å². The molecule has 110 valence electrons. The van der Waals surface area contributed by atoms with Crippen LogP contribution in [0.4, 0.5) is 4.39 Å². The lowest BCUT2D eigenvalue weighted by molar-refractivity contribution is 0.0726. The fraction of sp³-hybridized carbons (Fsp3) is 0.188. The fourth-order valence-corrected chi connectivity index (χ4v) is 1.98. The van der Waals surface area contributed by atoms with Gasteiger partial charge in [-0.15, -0.1) is 0 Å². The molecule has 0 spiro atoms. The zero-order chi connectivity index (χ0) is 15.2. The lowest BCUT2D eigenvalue weighted by Crippen LogP contribution is -2.09. The Hall–Kier alpha value is -1.91. The molecule has 0 N–H and O–H groups in total. The lowest BCUT2D eigenvalue weighted by atomic mass is 10.1. The van der Waals surface area contributed by atoms with Gasteiger partial charge in [-0.1, -0.05) is 29.8 Å². The van der Waals surface area contributed by atoms with Crippen LogP contribution < -0.4 is 4.74 Å². The SMILES string of the molecule is COc1ccc(C(=O)COCc2ccccc2Cl)cc1F. The summed E-state index contributed by atoms with van der Waals surface area (Å²) in [5.41, 5.74) is 1.04. The second-order valence-electron chi connectivity index (χ2n) is 4.36. The van der Waals surface area contributed by atoms with Gasteiger partial charge in [0.05, 0.1) is 13.7 Å². The lowest BCUT2D eigenvalue weighted by Gasteiger charge is -2.07. The Morgan fingerprint density at radius 3 is 2.67 bits per heavy atom. The van der Waals surface area contributed by atoms with Crippen molar-refractivity contribution < 1.29 is 18.7 Å². The smallest absolute Gasteiger partial charge is 0.188 e. The first kappa shape index (κ1) is 15.5. The highest BCUT2D eigenvalue weighted by Gasteiger charge is 2.10. The van der Waals surface area contributed by atoms with Gasteiger partial charge < -0.3 is 9.47 Å². The first-order chi connectivity index (χ1) is 10.1. The molecule has 0 aliphatic heterocycles. The highest BCUT2D eigenvalue weighted by atomic mass is 35.5. The van der Waals surface area contributed by atoms with Crippen molar-refractivity contribution in [3.05, 3.63) is 64.4 Å². The minimum Gasteiger partial charge on any atom is -0.494 e. The molecule has 0 heterocycles. The minimum absolute atomic E-state index is 0.100. The molecule has 0 unspecified atom stereocenters. The zero-order valence-corrected chi connectivity index (χ0v) is 12.2.